The maximum atomic E-state index is 11.0. The van der Waals surface area contributed by atoms with E-state index in [0.717, 1.165) is 66.0 Å². The number of fused-ring (bicyclic) bond motifs is 1. The quantitative estimate of drug-likeness (QED) is 0.245. The standard InChI is InChI=1S/C34H59NO2/c1-24(2)13-10-14-25(3)15-11-16-26(4)17-12-21-34(7)22-20-30-31(23-35-29-18-8-9-19-29)32(36)27(5)28(6)33(30)37-34/h24-26,29,35-36H,8-23H2,1-7H3. The molecule has 0 saturated heterocycles. The molecule has 3 atom stereocenters. The summed E-state index contributed by atoms with van der Waals surface area (Å²) < 4.78 is 6.81. The lowest BCUT2D eigenvalue weighted by molar-refractivity contribution is 0.0510. The van der Waals surface area contributed by atoms with E-state index in [9.17, 15) is 5.11 Å². The molecule has 0 bridgehead atoms. The summed E-state index contributed by atoms with van der Waals surface area (Å²) in [5.41, 5.74) is 4.35. The van der Waals surface area contributed by atoms with Crippen LogP contribution in [0.5, 0.6) is 11.5 Å². The molecule has 0 aromatic heterocycles. The summed E-state index contributed by atoms with van der Waals surface area (Å²) in [6, 6.07) is 0.599. The van der Waals surface area contributed by atoms with Gasteiger partial charge in [-0.3, -0.25) is 0 Å². The zero-order valence-corrected chi connectivity index (χ0v) is 25.5. The van der Waals surface area contributed by atoms with Gasteiger partial charge in [-0.05, 0) is 88.2 Å². The normalized spacial score (nSPS) is 21.7. The van der Waals surface area contributed by atoms with Crippen molar-refractivity contribution in [3.05, 3.63) is 22.3 Å². The summed E-state index contributed by atoms with van der Waals surface area (Å²) in [6.07, 6.45) is 19.2. The lowest BCUT2D eigenvalue weighted by Crippen LogP contribution is -2.37. The van der Waals surface area contributed by atoms with E-state index in [2.05, 4.69) is 46.9 Å². The van der Waals surface area contributed by atoms with E-state index in [4.69, 9.17) is 4.74 Å². The van der Waals surface area contributed by atoms with Gasteiger partial charge in [0, 0.05) is 23.7 Å². The molecule has 2 N–H and O–H groups in total. The minimum atomic E-state index is -0.0953. The number of nitrogens with one attached hydrogen (secondary N) is 1. The third-order valence-electron chi connectivity index (χ3n) is 9.63. The largest absolute Gasteiger partial charge is 0.507 e. The average Bonchev–Trinajstić information content (AvgIpc) is 3.36. The van der Waals surface area contributed by atoms with Crippen LogP contribution in [0.3, 0.4) is 0 Å². The second-order valence-electron chi connectivity index (χ2n) is 13.7. The Morgan fingerprint density at radius 3 is 2.11 bits per heavy atom. The lowest BCUT2D eigenvalue weighted by Gasteiger charge is -2.38. The highest BCUT2D eigenvalue weighted by Gasteiger charge is 2.35. The molecule has 2 aliphatic rings. The van der Waals surface area contributed by atoms with Gasteiger partial charge in [0.05, 0.1) is 0 Å². The smallest absolute Gasteiger partial charge is 0.127 e. The van der Waals surface area contributed by atoms with Crippen LogP contribution in [0.15, 0.2) is 0 Å². The number of phenolic OH excluding ortho intramolecular Hbond substituents is 1. The minimum Gasteiger partial charge on any atom is -0.507 e. The van der Waals surface area contributed by atoms with Crippen LogP contribution < -0.4 is 10.1 Å². The lowest BCUT2D eigenvalue weighted by atomic mass is 9.83. The number of hydrogen-bond acceptors (Lipinski definition) is 3. The van der Waals surface area contributed by atoms with Crippen molar-refractivity contribution < 1.29 is 9.84 Å². The third-order valence-corrected chi connectivity index (χ3v) is 9.63. The Hall–Kier alpha value is -1.22. The molecule has 1 aromatic rings. The van der Waals surface area contributed by atoms with Gasteiger partial charge >= 0.3 is 0 Å². The topological polar surface area (TPSA) is 41.5 Å². The van der Waals surface area contributed by atoms with Gasteiger partial charge in [0.1, 0.15) is 17.1 Å². The molecule has 1 heterocycles. The van der Waals surface area contributed by atoms with Crippen LogP contribution in [0.2, 0.25) is 0 Å². The van der Waals surface area contributed by atoms with Crippen molar-refractivity contribution in [2.24, 2.45) is 17.8 Å². The maximum Gasteiger partial charge on any atom is 0.127 e. The van der Waals surface area contributed by atoms with Gasteiger partial charge in [0.15, 0.2) is 0 Å². The van der Waals surface area contributed by atoms with Crippen molar-refractivity contribution in [3.8, 4) is 11.5 Å². The minimum absolute atomic E-state index is 0.0953. The molecule has 37 heavy (non-hydrogen) atoms. The van der Waals surface area contributed by atoms with Crippen molar-refractivity contribution in [1.82, 2.24) is 5.32 Å². The van der Waals surface area contributed by atoms with Gasteiger partial charge in [0.2, 0.25) is 0 Å². The first-order valence-corrected chi connectivity index (χ1v) is 15.9. The monoisotopic (exact) mass is 513 g/mol. The zero-order valence-electron chi connectivity index (χ0n) is 25.5. The van der Waals surface area contributed by atoms with Crippen molar-refractivity contribution in [3.63, 3.8) is 0 Å². The molecule has 3 rings (SSSR count). The first-order valence-electron chi connectivity index (χ1n) is 15.9. The van der Waals surface area contributed by atoms with Crippen LogP contribution in [0.4, 0.5) is 0 Å². The van der Waals surface area contributed by atoms with Gasteiger partial charge in [-0.25, -0.2) is 0 Å². The Labute approximate surface area is 229 Å². The molecule has 1 saturated carbocycles. The van der Waals surface area contributed by atoms with Gasteiger partial charge in [-0.15, -0.1) is 0 Å². The molecule has 0 amide bonds. The second-order valence-corrected chi connectivity index (χ2v) is 13.7. The van der Waals surface area contributed by atoms with Crippen molar-refractivity contribution >= 4 is 0 Å². The Bertz CT molecular complexity index is 841. The van der Waals surface area contributed by atoms with Crippen LogP contribution in [-0.4, -0.2) is 16.7 Å². The molecule has 3 nitrogen and oxygen atoms in total. The van der Waals surface area contributed by atoms with Crippen LogP contribution in [-0.2, 0) is 13.0 Å². The average molecular weight is 514 g/mol. The third kappa shape index (κ3) is 8.91. The van der Waals surface area contributed by atoms with E-state index in [-0.39, 0.29) is 5.60 Å². The first-order chi connectivity index (χ1) is 17.6. The van der Waals surface area contributed by atoms with Crippen LogP contribution >= 0.6 is 0 Å². The van der Waals surface area contributed by atoms with Gasteiger partial charge in [-0.2, -0.15) is 0 Å². The number of phenols is 1. The number of rotatable bonds is 15. The highest BCUT2D eigenvalue weighted by atomic mass is 16.5. The van der Waals surface area contributed by atoms with E-state index in [1.165, 1.54) is 82.6 Å². The van der Waals surface area contributed by atoms with E-state index in [1.54, 1.807) is 0 Å². The Morgan fingerprint density at radius 2 is 1.49 bits per heavy atom. The maximum absolute atomic E-state index is 11.0. The summed E-state index contributed by atoms with van der Waals surface area (Å²) in [5.74, 6) is 4.07. The molecule has 3 unspecified atom stereocenters. The Balaban J connectivity index is 1.47. The second kappa shape index (κ2) is 14.2. The Kier molecular flexibility index (Phi) is 11.7. The molecular formula is C34H59NO2. The summed E-state index contributed by atoms with van der Waals surface area (Å²) >= 11 is 0. The number of hydrogen-bond donors (Lipinski definition) is 2. The summed E-state index contributed by atoms with van der Waals surface area (Å²) in [7, 11) is 0. The Morgan fingerprint density at radius 1 is 0.892 bits per heavy atom. The van der Waals surface area contributed by atoms with E-state index < -0.39 is 0 Å². The molecule has 1 fully saturated rings. The first kappa shape index (κ1) is 30.3. The van der Waals surface area contributed by atoms with Crippen LogP contribution in [0, 0.1) is 31.6 Å². The molecule has 0 spiro atoms. The summed E-state index contributed by atoms with van der Waals surface area (Å²) in [6.45, 7) is 16.8. The summed E-state index contributed by atoms with van der Waals surface area (Å²) in [5, 5.41) is 14.7. The predicted molar refractivity (Wildman–Crippen MR) is 159 cm³/mol. The fourth-order valence-corrected chi connectivity index (χ4v) is 6.72. The summed E-state index contributed by atoms with van der Waals surface area (Å²) in [4.78, 5) is 0. The van der Waals surface area contributed by atoms with Gasteiger partial charge in [0.25, 0.3) is 0 Å². The molecule has 0 radical (unpaired) electrons. The molecular weight excluding hydrogens is 454 g/mol. The fraction of sp³-hybridized carbons (Fsp3) is 0.824. The van der Waals surface area contributed by atoms with E-state index >= 15 is 0 Å². The SMILES string of the molecule is Cc1c(C)c2c(c(CNC3CCCC3)c1O)CCC(C)(CCCC(C)CCCC(C)CCCC(C)C)O2. The molecule has 1 aliphatic heterocycles. The molecule has 212 valence electrons. The van der Waals surface area contributed by atoms with Crippen molar-refractivity contribution in [1.29, 1.82) is 0 Å². The molecule has 3 heteroatoms. The number of aromatic hydroxyl groups is 1. The molecule has 1 aliphatic carbocycles. The highest BCUT2D eigenvalue weighted by Crippen LogP contribution is 2.45. The fourth-order valence-electron chi connectivity index (χ4n) is 6.72. The number of ether oxygens (including phenoxy) is 1. The van der Waals surface area contributed by atoms with Crippen LogP contribution in [0.1, 0.15) is 147 Å². The van der Waals surface area contributed by atoms with Gasteiger partial charge in [-0.1, -0.05) is 85.5 Å². The van der Waals surface area contributed by atoms with Gasteiger partial charge < -0.3 is 15.2 Å². The van der Waals surface area contributed by atoms with E-state index in [0.29, 0.717) is 11.8 Å². The van der Waals surface area contributed by atoms with Crippen LogP contribution in [0.25, 0.3) is 0 Å². The zero-order chi connectivity index (χ0) is 27.0. The van der Waals surface area contributed by atoms with E-state index in [1.807, 2.05) is 6.92 Å². The highest BCUT2D eigenvalue weighted by molar-refractivity contribution is 5.59. The van der Waals surface area contributed by atoms with Crippen molar-refractivity contribution in [2.75, 3.05) is 0 Å². The molecule has 1 aromatic carbocycles. The van der Waals surface area contributed by atoms with Crippen molar-refractivity contribution in [2.45, 2.75) is 163 Å². The number of benzene rings is 1. The predicted octanol–water partition coefficient (Wildman–Crippen LogP) is 9.56.